The van der Waals surface area contributed by atoms with Gasteiger partial charge in [0.05, 0.1) is 17.5 Å². The van der Waals surface area contributed by atoms with E-state index in [4.69, 9.17) is 0 Å². The molecule has 0 radical (unpaired) electrons. The van der Waals surface area contributed by atoms with Gasteiger partial charge in [0.15, 0.2) is 0 Å². The Morgan fingerprint density at radius 1 is 1.16 bits per heavy atom. The maximum atomic E-state index is 12.7. The number of H-pyrrole nitrogens is 1. The Kier molecular flexibility index (Phi) is 7.25. The molecule has 0 aliphatic carbocycles. The summed E-state index contributed by atoms with van der Waals surface area (Å²) in [6.07, 6.45) is 4.75. The molecule has 3 N–H and O–H groups in total. The minimum absolute atomic E-state index is 0.00187. The van der Waals surface area contributed by atoms with Gasteiger partial charge in [-0.15, -0.1) is 0 Å². The minimum atomic E-state index is 0.00187. The largest absolute Gasteiger partial charge is 0.369 e. The van der Waals surface area contributed by atoms with Gasteiger partial charge in [-0.25, -0.2) is 0 Å². The number of hydrogen-bond donors (Lipinski definition) is 3. The molecule has 2 aliphatic rings. The molecule has 0 bridgehead atoms. The number of anilines is 1. The van der Waals surface area contributed by atoms with Crippen LogP contribution in [0.3, 0.4) is 0 Å². The predicted octanol–water partition coefficient (Wildman–Crippen LogP) is 2.44. The van der Waals surface area contributed by atoms with Crippen LogP contribution in [-0.4, -0.2) is 73.4 Å². The van der Waals surface area contributed by atoms with Crippen LogP contribution in [-0.2, 0) is 0 Å². The fourth-order valence-electron chi connectivity index (χ4n) is 4.77. The summed E-state index contributed by atoms with van der Waals surface area (Å²) >= 11 is 0. The lowest BCUT2D eigenvalue weighted by Gasteiger charge is -2.37. The minimum Gasteiger partial charge on any atom is -0.369 e. The molecule has 2 saturated heterocycles. The Labute approximate surface area is 185 Å². The molecule has 0 unspecified atom stereocenters. The highest BCUT2D eigenvalue weighted by molar-refractivity contribution is 5.95. The Hall–Kier alpha value is -2.38. The number of carbonyl (C=O) groups excluding carboxylic acids is 1. The van der Waals surface area contributed by atoms with E-state index in [1.807, 2.05) is 0 Å². The average molecular weight is 425 g/mol. The number of aromatic amines is 1. The Morgan fingerprint density at radius 2 is 1.94 bits per heavy atom. The number of amides is 1. The van der Waals surface area contributed by atoms with Crippen LogP contribution >= 0.6 is 0 Å². The number of benzene rings is 1. The summed E-state index contributed by atoms with van der Waals surface area (Å²) in [4.78, 5) is 17.7. The van der Waals surface area contributed by atoms with E-state index in [2.05, 4.69) is 62.7 Å². The molecule has 1 aromatic carbocycles. The van der Waals surface area contributed by atoms with E-state index in [1.54, 1.807) is 6.20 Å². The molecule has 3 heterocycles. The van der Waals surface area contributed by atoms with Crippen molar-refractivity contribution in [3.05, 3.63) is 46.8 Å². The zero-order chi connectivity index (χ0) is 21.6. The van der Waals surface area contributed by atoms with Gasteiger partial charge < -0.3 is 15.5 Å². The van der Waals surface area contributed by atoms with Crippen molar-refractivity contribution >= 4 is 11.6 Å². The molecule has 0 atom stereocenters. The second kappa shape index (κ2) is 10.3. The van der Waals surface area contributed by atoms with Crippen molar-refractivity contribution in [3.63, 3.8) is 0 Å². The van der Waals surface area contributed by atoms with Crippen LogP contribution in [0.1, 0.15) is 52.4 Å². The zero-order valence-corrected chi connectivity index (χ0v) is 18.9. The normalized spacial score (nSPS) is 18.3. The highest BCUT2D eigenvalue weighted by atomic mass is 16.1. The third-order valence-electron chi connectivity index (χ3n) is 6.68. The number of carbonyl (C=O) groups is 1. The molecule has 1 aromatic heterocycles. The standard InChI is InChI=1S/C24H36N6O/c1-18-4-5-19(2)22(16-18)30-14-12-29(13-15-30)11-3-8-26-24(31)21-17-27-28-23(21)20-6-9-25-10-7-20/h4-5,16-17,20,25H,3,6-15H2,1-2H3,(H,26,31)(H,27,28). The zero-order valence-electron chi connectivity index (χ0n) is 18.9. The summed E-state index contributed by atoms with van der Waals surface area (Å²) in [7, 11) is 0. The van der Waals surface area contributed by atoms with Crippen LogP contribution < -0.4 is 15.5 Å². The van der Waals surface area contributed by atoms with Crippen LogP contribution in [0, 0.1) is 13.8 Å². The van der Waals surface area contributed by atoms with Gasteiger partial charge in [0.2, 0.25) is 0 Å². The van der Waals surface area contributed by atoms with E-state index in [9.17, 15) is 4.79 Å². The third-order valence-corrected chi connectivity index (χ3v) is 6.68. The van der Waals surface area contributed by atoms with E-state index in [0.29, 0.717) is 18.0 Å². The van der Waals surface area contributed by atoms with Gasteiger partial charge in [-0.05, 0) is 69.9 Å². The van der Waals surface area contributed by atoms with Crippen LogP contribution in [0.5, 0.6) is 0 Å². The number of hydrogen-bond acceptors (Lipinski definition) is 5. The summed E-state index contributed by atoms with van der Waals surface area (Å²) in [5.41, 5.74) is 5.76. The first kappa shape index (κ1) is 21.8. The number of aryl methyl sites for hydroxylation is 2. The number of aromatic nitrogens is 2. The fraction of sp³-hybridized carbons (Fsp3) is 0.583. The lowest BCUT2D eigenvalue weighted by atomic mass is 9.92. The van der Waals surface area contributed by atoms with Crippen molar-refractivity contribution in [1.82, 2.24) is 25.7 Å². The monoisotopic (exact) mass is 424 g/mol. The number of nitrogens with zero attached hydrogens (tertiary/aromatic N) is 3. The second-order valence-corrected chi connectivity index (χ2v) is 8.95. The summed E-state index contributed by atoms with van der Waals surface area (Å²) in [5, 5.41) is 13.7. The molecule has 2 aromatic rings. The van der Waals surface area contributed by atoms with Crippen molar-refractivity contribution < 1.29 is 4.79 Å². The molecule has 1 amide bonds. The van der Waals surface area contributed by atoms with Gasteiger partial charge in [0.25, 0.3) is 5.91 Å². The molecular weight excluding hydrogens is 388 g/mol. The Morgan fingerprint density at radius 3 is 2.71 bits per heavy atom. The Balaban J connectivity index is 1.19. The van der Waals surface area contributed by atoms with Gasteiger partial charge in [-0.3, -0.25) is 14.8 Å². The van der Waals surface area contributed by atoms with Gasteiger partial charge >= 0.3 is 0 Å². The van der Waals surface area contributed by atoms with Crippen molar-refractivity contribution in [2.75, 3.05) is 57.3 Å². The summed E-state index contributed by atoms with van der Waals surface area (Å²) in [6, 6.07) is 6.70. The molecule has 7 nitrogen and oxygen atoms in total. The van der Waals surface area contributed by atoms with Crippen LogP contribution in [0.4, 0.5) is 5.69 Å². The first-order chi connectivity index (χ1) is 15.1. The molecular formula is C24H36N6O. The third kappa shape index (κ3) is 5.46. The van der Waals surface area contributed by atoms with Crippen LogP contribution in [0.15, 0.2) is 24.4 Å². The van der Waals surface area contributed by atoms with E-state index in [0.717, 1.165) is 70.8 Å². The highest BCUT2D eigenvalue weighted by Crippen LogP contribution is 2.26. The lowest BCUT2D eigenvalue weighted by molar-refractivity contribution is 0.0950. The topological polar surface area (TPSA) is 76.3 Å². The van der Waals surface area contributed by atoms with E-state index < -0.39 is 0 Å². The molecule has 0 saturated carbocycles. The molecule has 4 rings (SSSR count). The maximum Gasteiger partial charge on any atom is 0.254 e. The van der Waals surface area contributed by atoms with Crippen molar-refractivity contribution in [2.45, 2.75) is 39.0 Å². The molecule has 7 heteroatoms. The number of rotatable bonds is 7. The Bertz CT molecular complexity index is 865. The number of piperazine rings is 1. The lowest BCUT2D eigenvalue weighted by Crippen LogP contribution is -2.47. The summed E-state index contributed by atoms with van der Waals surface area (Å²) < 4.78 is 0. The van der Waals surface area contributed by atoms with Gasteiger partial charge in [0, 0.05) is 44.3 Å². The van der Waals surface area contributed by atoms with Crippen molar-refractivity contribution in [3.8, 4) is 0 Å². The quantitative estimate of drug-likeness (QED) is 0.595. The van der Waals surface area contributed by atoms with Gasteiger partial charge in [0.1, 0.15) is 0 Å². The number of piperidine rings is 1. The first-order valence-corrected chi connectivity index (χ1v) is 11.7. The molecule has 0 spiro atoms. The van der Waals surface area contributed by atoms with E-state index in [-0.39, 0.29) is 5.91 Å². The van der Waals surface area contributed by atoms with Gasteiger partial charge in [-0.1, -0.05) is 12.1 Å². The number of nitrogens with one attached hydrogen (secondary N) is 3. The molecule has 168 valence electrons. The maximum absolute atomic E-state index is 12.7. The SMILES string of the molecule is Cc1ccc(C)c(N2CCN(CCCNC(=O)c3cn[nH]c3C3CCNCC3)CC2)c1. The van der Waals surface area contributed by atoms with Crippen LogP contribution in [0.25, 0.3) is 0 Å². The second-order valence-electron chi connectivity index (χ2n) is 8.95. The van der Waals surface area contributed by atoms with Crippen molar-refractivity contribution in [2.24, 2.45) is 0 Å². The molecule has 31 heavy (non-hydrogen) atoms. The van der Waals surface area contributed by atoms with E-state index >= 15 is 0 Å². The first-order valence-electron chi connectivity index (χ1n) is 11.7. The molecule has 2 aliphatic heterocycles. The summed E-state index contributed by atoms with van der Waals surface area (Å²) in [6.45, 7) is 12.3. The van der Waals surface area contributed by atoms with Crippen LogP contribution in [0.2, 0.25) is 0 Å². The highest BCUT2D eigenvalue weighted by Gasteiger charge is 2.23. The van der Waals surface area contributed by atoms with Crippen molar-refractivity contribution in [1.29, 1.82) is 0 Å². The van der Waals surface area contributed by atoms with E-state index in [1.165, 1.54) is 16.8 Å². The average Bonchev–Trinajstić information content (AvgIpc) is 3.29. The molecule has 2 fully saturated rings. The van der Waals surface area contributed by atoms with Gasteiger partial charge in [-0.2, -0.15) is 5.10 Å². The fourth-order valence-corrected chi connectivity index (χ4v) is 4.77. The summed E-state index contributed by atoms with van der Waals surface area (Å²) in [5.74, 6) is 0.403. The smallest absolute Gasteiger partial charge is 0.254 e. The predicted molar refractivity (Wildman–Crippen MR) is 125 cm³/mol.